The van der Waals surface area contributed by atoms with Gasteiger partial charge in [0.2, 0.25) is 0 Å². The Morgan fingerprint density at radius 1 is 1.56 bits per heavy atom. The van der Waals surface area contributed by atoms with Gasteiger partial charge in [0.1, 0.15) is 16.5 Å². The third-order valence-corrected chi connectivity index (χ3v) is 3.58. The van der Waals surface area contributed by atoms with E-state index in [1.165, 1.54) is 17.5 Å². The van der Waals surface area contributed by atoms with Crippen molar-refractivity contribution in [3.8, 4) is 0 Å². The van der Waals surface area contributed by atoms with Gasteiger partial charge in [-0.15, -0.1) is 11.3 Å². The van der Waals surface area contributed by atoms with Crippen LogP contribution in [0.5, 0.6) is 0 Å². The van der Waals surface area contributed by atoms with Gasteiger partial charge in [-0.25, -0.2) is 4.98 Å². The molecule has 0 atom stereocenters. The molecule has 18 heavy (non-hydrogen) atoms. The first-order valence-corrected chi connectivity index (χ1v) is 6.29. The zero-order chi connectivity index (χ0) is 12.7. The standard InChI is InChI=1S/C10H8ClN5OS/c1-4-13-9-7(18-4)2-5(14-9)10(17)15-6-3-12-16-8(6)11/h2-3,14H,1H3,(H,12,16)(H,15,17). The number of amides is 1. The first-order valence-electron chi connectivity index (χ1n) is 5.10. The first-order chi connectivity index (χ1) is 8.63. The average Bonchev–Trinajstić information content (AvgIpc) is 2.94. The number of carbonyl (C=O) groups excluding carboxylic acids is 1. The summed E-state index contributed by atoms with van der Waals surface area (Å²) in [5, 5.41) is 10.2. The van der Waals surface area contributed by atoms with Crippen LogP contribution in [0.15, 0.2) is 12.3 Å². The summed E-state index contributed by atoms with van der Waals surface area (Å²) in [6, 6.07) is 1.77. The molecule has 3 rings (SSSR count). The van der Waals surface area contributed by atoms with E-state index in [0.29, 0.717) is 16.5 Å². The SMILES string of the molecule is Cc1nc2[nH]c(C(=O)Nc3cn[nH]c3Cl)cc2s1. The second-order valence-corrected chi connectivity index (χ2v) is 5.29. The van der Waals surface area contributed by atoms with E-state index in [-0.39, 0.29) is 5.91 Å². The number of nitrogens with zero attached hydrogens (tertiary/aromatic N) is 2. The molecular weight excluding hydrogens is 274 g/mol. The van der Waals surface area contributed by atoms with Crippen molar-refractivity contribution in [1.29, 1.82) is 0 Å². The van der Waals surface area contributed by atoms with E-state index in [1.54, 1.807) is 6.07 Å². The number of aromatic nitrogens is 4. The van der Waals surface area contributed by atoms with Crippen molar-refractivity contribution in [3.63, 3.8) is 0 Å². The fourth-order valence-corrected chi connectivity index (χ4v) is 2.56. The fourth-order valence-electron chi connectivity index (χ4n) is 1.59. The molecule has 6 nitrogen and oxygen atoms in total. The molecule has 0 saturated heterocycles. The fraction of sp³-hybridized carbons (Fsp3) is 0.100. The molecule has 3 heterocycles. The van der Waals surface area contributed by atoms with Gasteiger partial charge >= 0.3 is 0 Å². The molecule has 8 heteroatoms. The smallest absolute Gasteiger partial charge is 0.272 e. The molecule has 1 amide bonds. The lowest BCUT2D eigenvalue weighted by Crippen LogP contribution is -2.12. The number of hydrogen-bond acceptors (Lipinski definition) is 4. The Balaban J connectivity index is 1.87. The first kappa shape index (κ1) is 11.2. The molecule has 0 aliphatic rings. The van der Waals surface area contributed by atoms with Crippen LogP contribution in [0.4, 0.5) is 5.69 Å². The van der Waals surface area contributed by atoms with Crippen molar-refractivity contribution >= 4 is 44.9 Å². The summed E-state index contributed by atoms with van der Waals surface area (Å²) in [7, 11) is 0. The van der Waals surface area contributed by atoms with Gasteiger partial charge in [0.15, 0.2) is 0 Å². The third-order valence-electron chi connectivity index (χ3n) is 2.37. The number of H-pyrrole nitrogens is 2. The highest BCUT2D eigenvalue weighted by Gasteiger charge is 2.14. The summed E-state index contributed by atoms with van der Waals surface area (Å²) >= 11 is 7.33. The summed E-state index contributed by atoms with van der Waals surface area (Å²) in [6.07, 6.45) is 1.45. The highest BCUT2D eigenvalue weighted by atomic mass is 35.5. The Morgan fingerprint density at radius 2 is 2.39 bits per heavy atom. The van der Waals surface area contributed by atoms with E-state index in [1.807, 2.05) is 6.92 Å². The highest BCUT2D eigenvalue weighted by Crippen LogP contribution is 2.23. The van der Waals surface area contributed by atoms with Crippen molar-refractivity contribution < 1.29 is 4.79 Å². The minimum absolute atomic E-state index is 0.277. The molecule has 3 aromatic rings. The normalized spacial score (nSPS) is 11.0. The van der Waals surface area contributed by atoms with E-state index in [4.69, 9.17) is 11.6 Å². The molecule has 0 spiro atoms. The van der Waals surface area contributed by atoms with E-state index in [2.05, 4.69) is 25.5 Å². The van der Waals surface area contributed by atoms with Crippen molar-refractivity contribution in [1.82, 2.24) is 20.2 Å². The Labute approximate surface area is 110 Å². The zero-order valence-corrected chi connectivity index (χ0v) is 10.8. The molecule has 0 radical (unpaired) electrons. The molecule has 0 bridgehead atoms. The quantitative estimate of drug-likeness (QED) is 0.675. The Bertz CT molecular complexity index is 696. The summed E-state index contributed by atoms with van der Waals surface area (Å²) in [4.78, 5) is 19.2. The van der Waals surface area contributed by atoms with Gasteiger partial charge in [-0.3, -0.25) is 9.89 Å². The summed E-state index contributed by atoms with van der Waals surface area (Å²) in [6.45, 7) is 1.92. The molecular formula is C10H8ClN5OS. The van der Waals surface area contributed by atoms with Gasteiger partial charge in [-0.1, -0.05) is 11.6 Å². The van der Waals surface area contributed by atoms with E-state index in [9.17, 15) is 4.79 Å². The number of hydrogen-bond donors (Lipinski definition) is 3. The number of nitrogens with one attached hydrogen (secondary N) is 3. The third kappa shape index (κ3) is 1.87. The molecule has 92 valence electrons. The Morgan fingerprint density at radius 3 is 3.06 bits per heavy atom. The van der Waals surface area contributed by atoms with Crippen molar-refractivity contribution in [2.75, 3.05) is 5.32 Å². The van der Waals surface area contributed by atoms with Crippen LogP contribution in [0.25, 0.3) is 10.3 Å². The number of aryl methyl sites for hydroxylation is 1. The monoisotopic (exact) mass is 281 g/mol. The van der Waals surface area contributed by atoms with E-state index >= 15 is 0 Å². The predicted molar refractivity (Wildman–Crippen MR) is 70.3 cm³/mol. The van der Waals surface area contributed by atoms with Gasteiger partial charge in [0.25, 0.3) is 5.91 Å². The van der Waals surface area contributed by atoms with E-state index < -0.39 is 0 Å². The van der Waals surface area contributed by atoms with Crippen LogP contribution in [-0.2, 0) is 0 Å². The Hall–Kier alpha value is -1.86. The van der Waals surface area contributed by atoms with Crippen LogP contribution in [0, 0.1) is 6.92 Å². The lowest BCUT2D eigenvalue weighted by atomic mass is 10.4. The average molecular weight is 282 g/mol. The summed E-state index contributed by atoms with van der Waals surface area (Å²) in [5.41, 5.74) is 1.62. The number of carbonyl (C=O) groups is 1. The minimum Gasteiger partial charge on any atom is -0.334 e. The molecule has 3 aromatic heterocycles. The van der Waals surface area contributed by atoms with Crippen LogP contribution in [0.3, 0.4) is 0 Å². The lowest BCUT2D eigenvalue weighted by Gasteiger charge is -1.99. The molecule has 0 aliphatic heterocycles. The number of aromatic amines is 2. The van der Waals surface area contributed by atoms with Gasteiger partial charge in [0, 0.05) is 0 Å². The molecule has 0 aromatic carbocycles. The second kappa shape index (κ2) is 4.11. The maximum absolute atomic E-state index is 12.0. The molecule has 0 fully saturated rings. The number of rotatable bonds is 2. The van der Waals surface area contributed by atoms with Crippen LogP contribution in [0.2, 0.25) is 5.15 Å². The number of anilines is 1. The largest absolute Gasteiger partial charge is 0.334 e. The molecule has 0 unspecified atom stereocenters. The van der Waals surface area contributed by atoms with Crippen molar-refractivity contribution in [2.45, 2.75) is 6.92 Å². The zero-order valence-electron chi connectivity index (χ0n) is 9.24. The van der Waals surface area contributed by atoms with E-state index in [0.717, 1.165) is 15.4 Å². The minimum atomic E-state index is -0.277. The number of thiazole rings is 1. The number of fused-ring (bicyclic) bond motifs is 1. The molecule has 3 N–H and O–H groups in total. The predicted octanol–water partition coefficient (Wildman–Crippen LogP) is 2.56. The second-order valence-electron chi connectivity index (χ2n) is 3.68. The molecule has 0 aliphatic carbocycles. The number of halogens is 1. The van der Waals surface area contributed by atoms with Gasteiger partial charge in [0.05, 0.1) is 21.6 Å². The summed E-state index contributed by atoms with van der Waals surface area (Å²) in [5.74, 6) is -0.277. The maximum Gasteiger partial charge on any atom is 0.272 e. The van der Waals surface area contributed by atoms with Gasteiger partial charge in [-0.05, 0) is 13.0 Å². The van der Waals surface area contributed by atoms with Gasteiger partial charge < -0.3 is 10.3 Å². The van der Waals surface area contributed by atoms with Crippen LogP contribution < -0.4 is 5.32 Å². The summed E-state index contributed by atoms with van der Waals surface area (Å²) < 4.78 is 0.955. The highest BCUT2D eigenvalue weighted by molar-refractivity contribution is 7.18. The van der Waals surface area contributed by atoms with Crippen molar-refractivity contribution in [3.05, 3.63) is 28.1 Å². The molecule has 0 saturated carbocycles. The van der Waals surface area contributed by atoms with Crippen LogP contribution in [-0.4, -0.2) is 26.1 Å². The van der Waals surface area contributed by atoms with Gasteiger partial charge in [-0.2, -0.15) is 5.10 Å². The Kier molecular flexibility index (Phi) is 2.57. The lowest BCUT2D eigenvalue weighted by molar-refractivity contribution is 0.102. The topological polar surface area (TPSA) is 86.5 Å². The van der Waals surface area contributed by atoms with Crippen LogP contribution in [0.1, 0.15) is 15.5 Å². The van der Waals surface area contributed by atoms with Crippen molar-refractivity contribution in [2.24, 2.45) is 0 Å². The van der Waals surface area contributed by atoms with Crippen LogP contribution >= 0.6 is 22.9 Å². The maximum atomic E-state index is 12.0.